The van der Waals surface area contributed by atoms with Gasteiger partial charge in [-0.15, -0.1) is 0 Å². The molecule has 0 aromatic heterocycles. The van der Waals surface area contributed by atoms with Crippen molar-refractivity contribution < 1.29 is 8.42 Å². The number of sulfonamides is 1. The molecule has 0 aliphatic carbocycles. The molecule has 5 nitrogen and oxygen atoms in total. The zero-order valence-corrected chi connectivity index (χ0v) is 11.6. The molecular weight excluding hydrogens is 270 g/mol. The minimum Gasteiger partial charge on any atom is -0.324 e. The van der Waals surface area contributed by atoms with E-state index in [4.69, 9.17) is 5.84 Å². The molecule has 0 bridgehead atoms. The first-order valence-electron chi connectivity index (χ1n) is 5.76. The molecule has 1 aromatic rings. The number of hydrogen-bond acceptors (Lipinski definition) is 5. The molecule has 1 heterocycles. The van der Waals surface area contributed by atoms with Gasteiger partial charge >= 0.3 is 0 Å². The number of hydrogen-bond donors (Lipinski definition) is 3. The van der Waals surface area contributed by atoms with E-state index in [2.05, 4.69) is 10.1 Å². The second kappa shape index (κ2) is 5.92. The molecular formula is C11H17N3O2S2. The smallest absolute Gasteiger partial charge is 0.240 e. The highest BCUT2D eigenvalue weighted by Gasteiger charge is 2.19. The maximum Gasteiger partial charge on any atom is 0.240 e. The van der Waals surface area contributed by atoms with Crippen LogP contribution in [-0.4, -0.2) is 26.5 Å². The molecule has 1 fully saturated rings. The van der Waals surface area contributed by atoms with Crippen LogP contribution in [0.2, 0.25) is 0 Å². The molecule has 7 heteroatoms. The van der Waals surface area contributed by atoms with E-state index in [9.17, 15) is 8.42 Å². The minimum atomic E-state index is -3.40. The minimum absolute atomic E-state index is 0.271. The van der Waals surface area contributed by atoms with Crippen LogP contribution >= 0.6 is 11.8 Å². The third-order valence-corrected chi connectivity index (χ3v) is 5.59. The Bertz CT molecular complexity index is 482. The van der Waals surface area contributed by atoms with Crippen LogP contribution in [0.1, 0.15) is 6.42 Å². The molecule has 1 atom stereocenters. The van der Waals surface area contributed by atoms with E-state index in [1.54, 1.807) is 24.3 Å². The third kappa shape index (κ3) is 3.38. The van der Waals surface area contributed by atoms with Crippen LogP contribution in [0.4, 0.5) is 5.69 Å². The number of hydrazine groups is 1. The Balaban J connectivity index is 2.00. The number of thioether (sulfide) groups is 1. The van der Waals surface area contributed by atoms with E-state index in [1.807, 2.05) is 11.8 Å². The summed E-state index contributed by atoms with van der Waals surface area (Å²) in [6, 6.07) is 6.36. The van der Waals surface area contributed by atoms with Crippen LogP contribution in [0, 0.1) is 5.92 Å². The van der Waals surface area contributed by atoms with Gasteiger partial charge in [-0.1, -0.05) is 0 Å². The van der Waals surface area contributed by atoms with Gasteiger partial charge in [-0.05, 0) is 48.1 Å². The normalized spacial score (nSPS) is 19.9. The van der Waals surface area contributed by atoms with Gasteiger partial charge in [-0.3, -0.25) is 5.84 Å². The van der Waals surface area contributed by atoms with Crippen molar-refractivity contribution in [1.29, 1.82) is 0 Å². The van der Waals surface area contributed by atoms with Crippen molar-refractivity contribution in [2.75, 3.05) is 23.5 Å². The molecule has 0 amide bonds. The van der Waals surface area contributed by atoms with Gasteiger partial charge in [0.25, 0.3) is 0 Å². The molecule has 1 aromatic carbocycles. The molecule has 2 rings (SSSR count). The zero-order valence-electron chi connectivity index (χ0n) is 9.93. The van der Waals surface area contributed by atoms with Crippen molar-refractivity contribution in [2.24, 2.45) is 11.8 Å². The van der Waals surface area contributed by atoms with E-state index < -0.39 is 10.0 Å². The summed E-state index contributed by atoms with van der Waals surface area (Å²) in [4.78, 5) is 0.271. The first-order valence-corrected chi connectivity index (χ1v) is 8.40. The fourth-order valence-corrected chi connectivity index (χ4v) is 4.19. The Labute approximate surface area is 112 Å². The molecule has 0 spiro atoms. The lowest BCUT2D eigenvalue weighted by atomic mass is 10.1. The summed E-state index contributed by atoms with van der Waals surface area (Å²) in [5.74, 6) is 7.85. The van der Waals surface area contributed by atoms with Crippen LogP contribution in [-0.2, 0) is 10.0 Å². The van der Waals surface area contributed by atoms with E-state index >= 15 is 0 Å². The van der Waals surface area contributed by atoms with Crippen LogP contribution in [0.3, 0.4) is 0 Å². The zero-order chi connectivity index (χ0) is 13.0. The van der Waals surface area contributed by atoms with Crippen molar-refractivity contribution in [3.8, 4) is 0 Å². The topological polar surface area (TPSA) is 84.2 Å². The SMILES string of the molecule is NNc1ccc(S(=O)(=O)NCC2CCSC2)cc1. The molecule has 1 aliphatic heterocycles. The summed E-state index contributed by atoms with van der Waals surface area (Å²) in [7, 11) is -3.40. The molecule has 1 saturated heterocycles. The summed E-state index contributed by atoms with van der Waals surface area (Å²) < 4.78 is 26.7. The van der Waals surface area contributed by atoms with E-state index in [0.29, 0.717) is 18.2 Å². The van der Waals surface area contributed by atoms with Gasteiger partial charge in [-0.2, -0.15) is 11.8 Å². The summed E-state index contributed by atoms with van der Waals surface area (Å²) in [5.41, 5.74) is 3.15. The second-order valence-electron chi connectivity index (χ2n) is 4.25. The fraction of sp³-hybridized carbons (Fsp3) is 0.455. The first-order chi connectivity index (χ1) is 8.62. The number of nitrogens with two attached hydrogens (primary N) is 1. The maximum absolute atomic E-state index is 12.0. The fourth-order valence-electron chi connectivity index (χ4n) is 1.79. The van der Waals surface area contributed by atoms with Crippen molar-refractivity contribution >= 4 is 27.5 Å². The van der Waals surface area contributed by atoms with Crippen molar-refractivity contribution in [2.45, 2.75) is 11.3 Å². The predicted molar refractivity (Wildman–Crippen MR) is 74.9 cm³/mol. The first kappa shape index (κ1) is 13.7. The Morgan fingerprint density at radius 2 is 2.06 bits per heavy atom. The van der Waals surface area contributed by atoms with Gasteiger partial charge in [-0.25, -0.2) is 13.1 Å². The number of nitrogens with one attached hydrogen (secondary N) is 2. The lowest BCUT2D eigenvalue weighted by Crippen LogP contribution is -2.29. The molecule has 0 radical (unpaired) electrons. The Hall–Kier alpha value is -0.760. The highest BCUT2D eigenvalue weighted by Crippen LogP contribution is 2.23. The highest BCUT2D eigenvalue weighted by atomic mass is 32.2. The predicted octanol–water partition coefficient (Wildman–Crippen LogP) is 1.00. The molecule has 18 heavy (non-hydrogen) atoms. The summed E-state index contributed by atoms with van der Waals surface area (Å²) in [5, 5.41) is 0. The summed E-state index contributed by atoms with van der Waals surface area (Å²) in [6.07, 6.45) is 1.09. The van der Waals surface area contributed by atoms with Gasteiger partial charge < -0.3 is 5.43 Å². The van der Waals surface area contributed by atoms with Gasteiger partial charge in [0, 0.05) is 12.2 Å². The van der Waals surface area contributed by atoms with E-state index in [0.717, 1.165) is 17.9 Å². The maximum atomic E-state index is 12.0. The average molecular weight is 287 g/mol. The lowest BCUT2D eigenvalue weighted by molar-refractivity contribution is 0.546. The lowest BCUT2D eigenvalue weighted by Gasteiger charge is -2.11. The molecule has 100 valence electrons. The van der Waals surface area contributed by atoms with Crippen LogP contribution < -0.4 is 16.0 Å². The van der Waals surface area contributed by atoms with Crippen molar-refractivity contribution in [3.05, 3.63) is 24.3 Å². The average Bonchev–Trinajstić information content (AvgIpc) is 2.90. The van der Waals surface area contributed by atoms with Crippen molar-refractivity contribution in [1.82, 2.24) is 4.72 Å². The van der Waals surface area contributed by atoms with E-state index in [1.165, 1.54) is 0 Å². The number of anilines is 1. The quantitative estimate of drug-likeness (QED) is 0.556. The Kier molecular flexibility index (Phi) is 4.50. The van der Waals surface area contributed by atoms with E-state index in [-0.39, 0.29) is 4.90 Å². The summed E-state index contributed by atoms with van der Waals surface area (Å²) >= 11 is 1.88. The van der Waals surface area contributed by atoms with Gasteiger partial charge in [0.05, 0.1) is 4.90 Å². The van der Waals surface area contributed by atoms with Gasteiger partial charge in [0.15, 0.2) is 0 Å². The number of nitrogen functional groups attached to an aromatic ring is 1. The van der Waals surface area contributed by atoms with Crippen LogP contribution in [0.5, 0.6) is 0 Å². The molecule has 4 N–H and O–H groups in total. The third-order valence-electron chi connectivity index (χ3n) is 2.92. The van der Waals surface area contributed by atoms with Crippen molar-refractivity contribution in [3.63, 3.8) is 0 Å². The Morgan fingerprint density at radius 1 is 1.33 bits per heavy atom. The largest absolute Gasteiger partial charge is 0.324 e. The second-order valence-corrected chi connectivity index (χ2v) is 7.17. The van der Waals surface area contributed by atoms with Gasteiger partial charge in [0.1, 0.15) is 0 Å². The van der Waals surface area contributed by atoms with Crippen LogP contribution in [0.15, 0.2) is 29.2 Å². The Morgan fingerprint density at radius 3 is 2.61 bits per heavy atom. The monoisotopic (exact) mass is 287 g/mol. The molecule has 1 aliphatic rings. The standard InChI is InChI=1S/C11H17N3O2S2/c12-14-10-1-3-11(4-2-10)18(15,16)13-7-9-5-6-17-8-9/h1-4,9,13-14H,5-8,12H2. The summed E-state index contributed by atoms with van der Waals surface area (Å²) in [6.45, 7) is 0.520. The van der Waals surface area contributed by atoms with Crippen LogP contribution in [0.25, 0.3) is 0 Å². The van der Waals surface area contributed by atoms with Gasteiger partial charge in [0.2, 0.25) is 10.0 Å². The number of rotatable bonds is 5. The molecule has 0 saturated carbocycles. The molecule has 1 unspecified atom stereocenters. The number of benzene rings is 1. The highest BCUT2D eigenvalue weighted by molar-refractivity contribution is 7.99.